The maximum absolute atomic E-state index is 12.7. The summed E-state index contributed by atoms with van der Waals surface area (Å²) in [5.41, 5.74) is 1.06. The summed E-state index contributed by atoms with van der Waals surface area (Å²) in [6.07, 6.45) is -2.12. The second-order valence-corrected chi connectivity index (χ2v) is 6.94. The maximum atomic E-state index is 12.7. The van der Waals surface area contributed by atoms with Crippen molar-refractivity contribution >= 4 is 31.9 Å². The first kappa shape index (κ1) is 16.3. The molecule has 0 spiro atoms. The highest BCUT2D eigenvalue weighted by atomic mass is 79.9. The minimum absolute atomic E-state index is 0.0437. The zero-order valence-corrected chi connectivity index (χ0v) is 14.0. The van der Waals surface area contributed by atoms with Crippen LogP contribution in [-0.4, -0.2) is 12.2 Å². The van der Waals surface area contributed by atoms with Gasteiger partial charge in [-0.1, -0.05) is 12.5 Å². The van der Waals surface area contributed by atoms with Crippen molar-refractivity contribution in [1.29, 1.82) is 0 Å². The Bertz CT molecular complexity index is 462. The Labute approximate surface area is 133 Å². The number of hydrogen-bond acceptors (Lipinski definition) is 1. The number of halogens is 5. The lowest BCUT2D eigenvalue weighted by molar-refractivity contribution is -0.183. The highest BCUT2D eigenvalue weighted by Gasteiger charge is 2.41. The zero-order valence-electron chi connectivity index (χ0n) is 10.8. The molecule has 1 saturated carbocycles. The molecule has 1 aliphatic carbocycles. The van der Waals surface area contributed by atoms with Crippen LogP contribution in [0.2, 0.25) is 0 Å². The predicted octanol–water partition coefficient (Wildman–Crippen LogP) is 5.42. The highest BCUT2D eigenvalue weighted by molar-refractivity contribution is 9.13. The van der Waals surface area contributed by atoms with Crippen LogP contribution in [0.1, 0.15) is 31.2 Å². The van der Waals surface area contributed by atoms with E-state index in [4.69, 9.17) is 0 Å². The SMILES string of the molecule is FC(F)(F)C1CCCC(NCc2ccc(Br)c(Br)c2)C1. The molecular weight excluding hydrogens is 399 g/mol. The molecule has 1 N–H and O–H groups in total. The number of nitrogens with one attached hydrogen (secondary N) is 1. The van der Waals surface area contributed by atoms with E-state index in [1.807, 2.05) is 18.2 Å². The minimum atomic E-state index is -4.05. The van der Waals surface area contributed by atoms with E-state index in [0.29, 0.717) is 13.0 Å². The third-order valence-electron chi connectivity index (χ3n) is 3.72. The molecule has 1 nitrogen and oxygen atoms in total. The lowest BCUT2D eigenvalue weighted by Crippen LogP contribution is -2.38. The molecule has 2 unspecified atom stereocenters. The number of hydrogen-bond donors (Lipinski definition) is 1. The van der Waals surface area contributed by atoms with Crippen LogP contribution in [0, 0.1) is 5.92 Å². The summed E-state index contributed by atoms with van der Waals surface area (Å²) in [5, 5.41) is 3.25. The molecule has 0 heterocycles. The van der Waals surface area contributed by atoms with Crippen LogP contribution in [0.25, 0.3) is 0 Å². The number of alkyl halides is 3. The van der Waals surface area contributed by atoms with E-state index in [9.17, 15) is 13.2 Å². The Kier molecular flexibility index (Phi) is 5.54. The molecule has 0 aliphatic heterocycles. The average Bonchev–Trinajstić information content (AvgIpc) is 2.39. The lowest BCUT2D eigenvalue weighted by atomic mass is 9.85. The summed E-state index contributed by atoms with van der Waals surface area (Å²) < 4.78 is 40.1. The fourth-order valence-corrected chi connectivity index (χ4v) is 3.26. The molecule has 0 bridgehead atoms. The van der Waals surface area contributed by atoms with Crippen LogP contribution in [0.4, 0.5) is 13.2 Å². The van der Waals surface area contributed by atoms with Crippen molar-refractivity contribution in [1.82, 2.24) is 5.32 Å². The highest BCUT2D eigenvalue weighted by Crippen LogP contribution is 2.37. The summed E-state index contributed by atoms with van der Waals surface area (Å²) in [5.74, 6) is -1.15. The molecule has 6 heteroatoms. The molecule has 1 aromatic carbocycles. The van der Waals surface area contributed by atoms with E-state index in [-0.39, 0.29) is 18.9 Å². The van der Waals surface area contributed by atoms with E-state index in [1.165, 1.54) is 0 Å². The van der Waals surface area contributed by atoms with Gasteiger partial charge in [0.2, 0.25) is 0 Å². The van der Waals surface area contributed by atoms with Gasteiger partial charge in [-0.15, -0.1) is 0 Å². The van der Waals surface area contributed by atoms with E-state index >= 15 is 0 Å². The molecule has 0 radical (unpaired) electrons. The summed E-state index contributed by atoms with van der Waals surface area (Å²) in [7, 11) is 0. The predicted molar refractivity (Wildman–Crippen MR) is 80.5 cm³/mol. The van der Waals surface area contributed by atoms with Gasteiger partial charge < -0.3 is 5.32 Å². The molecule has 1 aromatic rings. The van der Waals surface area contributed by atoms with Crippen molar-refractivity contribution in [2.24, 2.45) is 5.92 Å². The van der Waals surface area contributed by atoms with Crippen LogP contribution >= 0.6 is 31.9 Å². The summed E-state index contributed by atoms with van der Waals surface area (Å²) in [6.45, 7) is 0.598. The quantitative estimate of drug-likeness (QED) is 0.695. The molecular formula is C14H16Br2F3N. The summed E-state index contributed by atoms with van der Waals surface area (Å²) >= 11 is 6.82. The normalized spacial score (nSPS) is 23.9. The van der Waals surface area contributed by atoms with Crippen molar-refractivity contribution in [3.8, 4) is 0 Å². The Morgan fingerprint density at radius 1 is 1.15 bits per heavy atom. The Morgan fingerprint density at radius 2 is 1.90 bits per heavy atom. The maximum Gasteiger partial charge on any atom is 0.391 e. The molecule has 0 saturated heterocycles. The van der Waals surface area contributed by atoms with Gasteiger partial charge in [0.1, 0.15) is 0 Å². The van der Waals surface area contributed by atoms with Gasteiger partial charge in [0.05, 0.1) is 5.92 Å². The van der Waals surface area contributed by atoms with Crippen molar-refractivity contribution in [2.75, 3.05) is 0 Å². The van der Waals surface area contributed by atoms with Gasteiger partial charge >= 0.3 is 6.18 Å². The fraction of sp³-hybridized carbons (Fsp3) is 0.571. The molecule has 112 valence electrons. The average molecular weight is 415 g/mol. The minimum Gasteiger partial charge on any atom is -0.310 e. The second kappa shape index (κ2) is 6.79. The Morgan fingerprint density at radius 3 is 2.55 bits per heavy atom. The van der Waals surface area contributed by atoms with E-state index in [1.54, 1.807) is 0 Å². The van der Waals surface area contributed by atoms with Gasteiger partial charge in [-0.3, -0.25) is 0 Å². The van der Waals surface area contributed by atoms with Gasteiger partial charge in [0.25, 0.3) is 0 Å². The van der Waals surface area contributed by atoms with Gasteiger partial charge in [-0.05, 0) is 68.8 Å². The number of benzene rings is 1. The van der Waals surface area contributed by atoms with Gasteiger partial charge in [-0.2, -0.15) is 13.2 Å². The first-order chi connectivity index (χ1) is 9.36. The topological polar surface area (TPSA) is 12.0 Å². The monoisotopic (exact) mass is 413 g/mol. The lowest BCUT2D eigenvalue weighted by Gasteiger charge is -2.31. The van der Waals surface area contributed by atoms with Crippen LogP contribution in [0.15, 0.2) is 27.1 Å². The zero-order chi connectivity index (χ0) is 14.8. The molecule has 20 heavy (non-hydrogen) atoms. The third-order valence-corrected chi connectivity index (χ3v) is 5.60. The largest absolute Gasteiger partial charge is 0.391 e. The summed E-state index contributed by atoms with van der Waals surface area (Å²) in [6, 6.07) is 5.82. The van der Waals surface area contributed by atoms with Crippen molar-refractivity contribution in [3.05, 3.63) is 32.7 Å². The molecule has 2 atom stereocenters. The Hall–Kier alpha value is -0.0700. The Balaban J connectivity index is 1.88. The van der Waals surface area contributed by atoms with Gasteiger partial charge in [0, 0.05) is 21.5 Å². The third kappa shape index (κ3) is 4.46. The number of rotatable bonds is 3. The summed E-state index contributed by atoms with van der Waals surface area (Å²) in [4.78, 5) is 0. The van der Waals surface area contributed by atoms with Crippen molar-refractivity contribution < 1.29 is 13.2 Å². The van der Waals surface area contributed by atoms with Gasteiger partial charge in [0.15, 0.2) is 0 Å². The molecule has 1 fully saturated rings. The van der Waals surface area contributed by atoms with E-state index in [2.05, 4.69) is 37.2 Å². The van der Waals surface area contributed by atoms with E-state index < -0.39 is 12.1 Å². The van der Waals surface area contributed by atoms with Crippen LogP contribution in [-0.2, 0) is 6.54 Å². The first-order valence-corrected chi connectivity index (χ1v) is 8.19. The van der Waals surface area contributed by atoms with Crippen LogP contribution in [0.3, 0.4) is 0 Å². The van der Waals surface area contributed by atoms with Crippen molar-refractivity contribution in [2.45, 2.75) is 44.4 Å². The molecule has 0 aromatic heterocycles. The van der Waals surface area contributed by atoms with Gasteiger partial charge in [-0.25, -0.2) is 0 Å². The molecule has 1 aliphatic rings. The van der Waals surface area contributed by atoms with Crippen LogP contribution in [0.5, 0.6) is 0 Å². The second-order valence-electron chi connectivity index (χ2n) is 5.23. The molecule has 2 rings (SSSR count). The standard InChI is InChI=1S/C14H16Br2F3N/c15-12-5-4-9(6-13(12)16)8-20-11-3-1-2-10(7-11)14(17,18)19/h4-6,10-11,20H,1-3,7-8H2. The van der Waals surface area contributed by atoms with E-state index in [0.717, 1.165) is 20.9 Å². The van der Waals surface area contributed by atoms with Crippen LogP contribution < -0.4 is 5.32 Å². The van der Waals surface area contributed by atoms with Crippen molar-refractivity contribution in [3.63, 3.8) is 0 Å². The first-order valence-electron chi connectivity index (χ1n) is 6.60. The smallest absolute Gasteiger partial charge is 0.310 e. The molecule has 0 amide bonds. The fourth-order valence-electron chi connectivity index (χ4n) is 2.58.